The molecule has 1 aliphatic heterocycles. The van der Waals surface area contributed by atoms with E-state index in [1.807, 2.05) is 43.3 Å². The molecule has 1 N–H and O–H groups in total. The Kier molecular flexibility index (Phi) is 7.45. The van der Waals surface area contributed by atoms with Crippen molar-refractivity contribution in [3.05, 3.63) is 108 Å². The highest BCUT2D eigenvalue weighted by Gasteiger charge is 2.37. The molecule has 8 nitrogen and oxygen atoms in total. The molecule has 8 heteroatoms. The number of aryl methyl sites for hydroxylation is 1. The van der Waals surface area contributed by atoms with Gasteiger partial charge in [-0.1, -0.05) is 29.8 Å². The average molecular weight is 524 g/mol. The largest absolute Gasteiger partial charge is 0.497 e. The van der Waals surface area contributed by atoms with Crippen LogP contribution in [0.15, 0.2) is 95.6 Å². The van der Waals surface area contributed by atoms with Crippen LogP contribution in [-0.4, -0.2) is 60.3 Å². The number of hydrogen-bond acceptors (Lipinski definition) is 5. The van der Waals surface area contributed by atoms with Gasteiger partial charge in [0.15, 0.2) is 0 Å². The first-order chi connectivity index (χ1) is 18.9. The van der Waals surface area contributed by atoms with Crippen LogP contribution in [0.4, 0.5) is 5.69 Å². The Balaban J connectivity index is 1.40. The monoisotopic (exact) mass is 523 g/mol. The number of amides is 3. The van der Waals surface area contributed by atoms with E-state index in [9.17, 15) is 14.4 Å². The van der Waals surface area contributed by atoms with E-state index in [0.717, 1.165) is 11.1 Å². The molecule has 198 valence electrons. The number of anilines is 1. The van der Waals surface area contributed by atoms with Crippen molar-refractivity contribution < 1.29 is 23.5 Å². The molecular formula is C31H29N3O5. The zero-order valence-corrected chi connectivity index (χ0v) is 21.8. The summed E-state index contributed by atoms with van der Waals surface area (Å²) in [7, 11) is 1.56. The molecule has 1 atom stereocenters. The Labute approximate surface area is 226 Å². The maximum absolute atomic E-state index is 13.5. The summed E-state index contributed by atoms with van der Waals surface area (Å²) in [6, 6.07) is 24.1. The topological polar surface area (TPSA) is 92.1 Å². The number of furan rings is 1. The molecule has 1 aliphatic rings. The summed E-state index contributed by atoms with van der Waals surface area (Å²) in [6.45, 7) is 2.52. The van der Waals surface area contributed by atoms with Crippen molar-refractivity contribution in [2.75, 3.05) is 32.1 Å². The van der Waals surface area contributed by atoms with Crippen LogP contribution in [0, 0.1) is 6.92 Å². The number of nitrogens with zero attached hydrogens (tertiary/aromatic N) is 2. The molecule has 0 saturated carbocycles. The van der Waals surface area contributed by atoms with E-state index in [2.05, 4.69) is 5.32 Å². The van der Waals surface area contributed by atoms with Crippen molar-refractivity contribution in [3.63, 3.8) is 0 Å². The van der Waals surface area contributed by atoms with E-state index in [-0.39, 0.29) is 30.8 Å². The molecule has 0 radical (unpaired) electrons. The van der Waals surface area contributed by atoms with Crippen LogP contribution in [0.5, 0.6) is 5.75 Å². The van der Waals surface area contributed by atoms with Gasteiger partial charge in [0.1, 0.15) is 17.6 Å². The van der Waals surface area contributed by atoms with E-state index in [1.165, 1.54) is 4.90 Å². The molecule has 2 heterocycles. The minimum Gasteiger partial charge on any atom is -0.497 e. The van der Waals surface area contributed by atoms with E-state index in [4.69, 9.17) is 9.15 Å². The second-order valence-corrected chi connectivity index (χ2v) is 9.41. The van der Waals surface area contributed by atoms with Gasteiger partial charge in [-0.3, -0.25) is 14.4 Å². The van der Waals surface area contributed by atoms with Gasteiger partial charge in [0.2, 0.25) is 5.91 Å². The van der Waals surface area contributed by atoms with Gasteiger partial charge in [0.05, 0.1) is 19.9 Å². The summed E-state index contributed by atoms with van der Waals surface area (Å²) < 4.78 is 10.7. The number of carbonyl (C=O) groups excluding carboxylic acids is 3. The molecule has 5 rings (SSSR count). The highest BCUT2D eigenvalue weighted by atomic mass is 16.5. The van der Waals surface area contributed by atoms with Crippen LogP contribution in [-0.2, 0) is 4.79 Å². The van der Waals surface area contributed by atoms with Gasteiger partial charge in [-0.25, -0.2) is 0 Å². The summed E-state index contributed by atoms with van der Waals surface area (Å²) in [5.41, 5.74) is 3.40. The molecular weight excluding hydrogens is 494 g/mol. The molecule has 1 unspecified atom stereocenters. The molecule has 4 aromatic rings. The number of piperazine rings is 1. The lowest BCUT2D eigenvalue weighted by molar-refractivity contribution is -0.122. The second-order valence-electron chi connectivity index (χ2n) is 9.41. The fourth-order valence-electron chi connectivity index (χ4n) is 4.63. The van der Waals surface area contributed by atoms with Gasteiger partial charge in [0.25, 0.3) is 11.8 Å². The molecule has 0 spiro atoms. The fourth-order valence-corrected chi connectivity index (χ4v) is 4.63. The molecule has 3 amide bonds. The van der Waals surface area contributed by atoms with Crippen molar-refractivity contribution >= 4 is 23.4 Å². The summed E-state index contributed by atoms with van der Waals surface area (Å²) in [5.74, 6) is 0.437. The Bertz CT molecular complexity index is 1460. The standard InChI is InChI=1S/C31H29N3O5/c1-21-8-12-25(13-9-21)32-29(35)27-20-33(16-17-34(27)31(37)22-10-14-26(38-2)15-11-22)30(36)24-6-3-5-23(19-24)28-7-4-18-39-28/h3-15,18-19,27H,16-17,20H2,1-2H3,(H,32,35). The Morgan fingerprint density at radius 3 is 2.33 bits per heavy atom. The first-order valence-corrected chi connectivity index (χ1v) is 12.7. The number of nitrogens with one attached hydrogen (secondary N) is 1. The summed E-state index contributed by atoms with van der Waals surface area (Å²) in [4.78, 5) is 43.8. The van der Waals surface area contributed by atoms with Crippen molar-refractivity contribution in [1.29, 1.82) is 0 Å². The molecule has 3 aromatic carbocycles. The predicted octanol–water partition coefficient (Wildman–Crippen LogP) is 4.87. The maximum Gasteiger partial charge on any atom is 0.254 e. The molecule has 1 saturated heterocycles. The summed E-state index contributed by atoms with van der Waals surface area (Å²) >= 11 is 0. The number of benzene rings is 3. The molecule has 39 heavy (non-hydrogen) atoms. The van der Waals surface area contributed by atoms with Crippen LogP contribution in [0.2, 0.25) is 0 Å². The molecule has 1 fully saturated rings. The van der Waals surface area contributed by atoms with Crippen LogP contribution >= 0.6 is 0 Å². The summed E-state index contributed by atoms with van der Waals surface area (Å²) in [5, 5.41) is 2.92. The quantitative estimate of drug-likeness (QED) is 0.389. The van der Waals surface area contributed by atoms with Crippen molar-refractivity contribution in [2.24, 2.45) is 0 Å². The minimum absolute atomic E-state index is 0.0589. The van der Waals surface area contributed by atoms with Gasteiger partial charge >= 0.3 is 0 Å². The van der Waals surface area contributed by atoms with Crippen molar-refractivity contribution in [3.8, 4) is 17.1 Å². The first kappa shape index (κ1) is 25.8. The van der Waals surface area contributed by atoms with Crippen LogP contribution in [0.3, 0.4) is 0 Å². The van der Waals surface area contributed by atoms with Crippen LogP contribution in [0.1, 0.15) is 26.3 Å². The smallest absolute Gasteiger partial charge is 0.254 e. The normalized spacial score (nSPS) is 15.1. The second kappa shape index (κ2) is 11.3. The van der Waals surface area contributed by atoms with E-state index < -0.39 is 6.04 Å². The van der Waals surface area contributed by atoms with Crippen LogP contribution < -0.4 is 10.1 Å². The Morgan fingerprint density at radius 1 is 0.872 bits per heavy atom. The lowest BCUT2D eigenvalue weighted by Crippen LogP contribution is -2.60. The number of methoxy groups -OCH3 is 1. The zero-order valence-electron chi connectivity index (χ0n) is 21.8. The van der Waals surface area contributed by atoms with Gasteiger partial charge in [-0.05, 0) is 67.6 Å². The fraction of sp³-hybridized carbons (Fsp3) is 0.194. The third-order valence-corrected chi connectivity index (χ3v) is 6.80. The molecule has 1 aromatic heterocycles. The molecule has 0 bridgehead atoms. The third kappa shape index (κ3) is 5.70. The SMILES string of the molecule is COc1ccc(C(=O)N2CCN(C(=O)c3cccc(-c4ccco4)c3)CC2C(=O)Nc2ccc(C)cc2)cc1. The van der Waals surface area contributed by atoms with E-state index >= 15 is 0 Å². The Hall–Kier alpha value is -4.85. The summed E-state index contributed by atoms with van der Waals surface area (Å²) in [6.07, 6.45) is 1.58. The number of carbonyl (C=O) groups is 3. The van der Waals surface area contributed by atoms with Gasteiger partial charge < -0.3 is 24.3 Å². The predicted molar refractivity (Wildman–Crippen MR) is 148 cm³/mol. The van der Waals surface area contributed by atoms with Crippen molar-refractivity contribution in [1.82, 2.24) is 9.80 Å². The highest BCUT2D eigenvalue weighted by Crippen LogP contribution is 2.24. The van der Waals surface area contributed by atoms with Crippen LogP contribution in [0.25, 0.3) is 11.3 Å². The zero-order chi connectivity index (χ0) is 27.4. The first-order valence-electron chi connectivity index (χ1n) is 12.7. The number of hydrogen-bond donors (Lipinski definition) is 1. The number of rotatable bonds is 6. The van der Waals surface area contributed by atoms with Gasteiger partial charge in [0, 0.05) is 35.5 Å². The van der Waals surface area contributed by atoms with Gasteiger partial charge in [-0.2, -0.15) is 0 Å². The highest BCUT2D eigenvalue weighted by molar-refractivity contribution is 6.02. The lowest BCUT2D eigenvalue weighted by atomic mass is 10.0. The van der Waals surface area contributed by atoms with Crippen molar-refractivity contribution in [2.45, 2.75) is 13.0 Å². The van der Waals surface area contributed by atoms with Gasteiger partial charge in [-0.15, -0.1) is 0 Å². The molecule has 0 aliphatic carbocycles. The van der Waals surface area contributed by atoms with E-state index in [1.54, 1.807) is 66.8 Å². The third-order valence-electron chi connectivity index (χ3n) is 6.80. The lowest BCUT2D eigenvalue weighted by Gasteiger charge is -2.40. The van der Waals surface area contributed by atoms with E-state index in [0.29, 0.717) is 34.9 Å². The number of ether oxygens (including phenoxy) is 1. The maximum atomic E-state index is 13.5. The average Bonchev–Trinajstić information content (AvgIpc) is 3.53. The minimum atomic E-state index is -0.883. The Morgan fingerprint density at radius 2 is 1.64 bits per heavy atom.